The Labute approximate surface area is 195 Å². The number of aromatic nitrogens is 3. The lowest BCUT2D eigenvalue weighted by Crippen LogP contribution is -2.31. The zero-order valence-corrected chi connectivity index (χ0v) is 18.6. The van der Waals surface area contributed by atoms with Gasteiger partial charge in [-0.05, 0) is 49.4 Å². The largest absolute Gasteiger partial charge is 0.496 e. The minimum absolute atomic E-state index is 0.267. The monoisotopic (exact) mass is 455 g/mol. The van der Waals surface area contributed by atoms with Crippen molar-refractivity contribution in [2.75, 3.05) is 17.7 Å². The molecule has 0 saturated heterocycles. The Hall–Kier alpha value is -4.46. The molecule has 1 aliphatic rings. The van der Waals surface area contributed by atoms with Gasteiger partial charge >= 0.3 is 0 Å². The van der Waals surface area contributed by atoms with Gasteiger partial charge in [0, 0.05) is 22.5 Å². The maximum Gasteiger partial charge on any atom is 0.255 e. The van der Waals surface area contributed by atoms with E-state index in [-0.39, 0.29) is 11.7 Å². The number of hydrogen-bond acceptors (Lipinski definition) is 5. The van der Waals surface area contributed by atoms with Crippen LogP contribution in [-0.4, -0.2) is 27.8 Å². The Bertz CT molecular complexity index is 1380. The number of amides is 1. The van der Waals surface area contributed by atoms with Gasteiger partial charge in [0.1, 0.15) is 17.6 Å². The Morgan fingerprint density at radius 2 is 1.74 bits per heavy atom. The molecule has 1 unspecified atom stereocenters. The topological polar surface area (TPSA) is 81.1 Å². The lowest BCUT2D eigenvalue weighted by atomic mass is 9.94. The smallest absolute Gasteiger partial charge is 0.255 e. The maximum absolute atomic E-state index is 13.5. The van der Waals surface area contributed by atoms with E-state index in [1.54, 1.807) is 23.9 Å². The second-order valence-corrected chi connectivity index (χ2v) is 7.84. The molecule has 7 nitrogen and oxygen atoms in total. The van der Waals surface area contributed by atoms with Crippen LogP contribution in [0.1, 0.15) is 18.5 Å². The molecule has 1 amide bonds. The third-order valence-corrected chi connectivity index (χ3v) is 5.66. The van der Waals surface area contributed by atoms with Crippen molar-refractivity contribution in [2.45, 2.75) is 13.0 Å². The molecule has 5 rings (SSSR count). The summed E-state index contributed by atoms with van der Waals surface area (Å²) in [5, 5.41) is 10.9. The van der Waals surface area contributed by atoms with Gasteiger partial charge in [0.25, 0.3) is 5.91 Å². The molecular formula is C26H22FN5O2. The summed E-state index contributed by atoms with van der Waals surface area (Å²) in [6, 6.07) is 22.1. The average molecular weight is 455 g/mol. The average Bonchev–Trinajstić information content (AvgIpc) is 3.27. The Morgan fingerprint density at radius 1 is 1.03 bits per heavy atom. The molecule has 0 saturated carbocycles. The first-order valence-electron chi connectivity index (χ1n) is 10.7. The first kappa shape index (κ1) is 21.4. The lowest BCUT2D eigenvalue weighted by molar-refractivity contribution is -0.113. The third-order valence-electron chi connectivity index (χ3n) is 5.66. The van der Waals surface area contributed by atoms with E-state index in [0.29, 0.717) is 40.0 Å². The number of carbonyl (C=O) groups is 1. The van der Waals surface area contributed by atoms with Gasteiger partial charge in [-0.1, -0.05) is 36.4 Å². The van der Waals surface area contributed by atoms with Crippen molar-refractivity contribution in [3.63, 3.8) is 0 Å². The minimum Gasteiger partial charge on any atom is -0.496 e. The number of ether oxygens (including phenoxy) is 1. The lowest BCUT2D eigenvalue weighted by Gasteiger charge is -2.29. The van der Waals surface area contributed by atoms with Crippen LogP contribution in [0.3, 0.4) is 0 Å². The van der Waals surface area contributed by atoms with Crippen LogP contribution < -0.4 is 15.4 Å². The number of fused-ring (bicyclic) bond motifs is 1. The number of anilines is 2. The molecule has 0 radical (unpaired) electrons. The number of para-hydroxylation sites is 2. The van der Waals surface area contributed by atoms with Crippen molar-refractivity contribution >= 4 is 17.5 Å². The molecule has 0 fully saturated rings. The highest BCUT2D eigenvalue weighted by molar-refractivity contribution is 6.06. The van der Waals surface area contributed by atoms with E-state index in [9.17, 15) is 9.18 Å². The number of benzene rings is 3. The van der Waals surface area contributed by atoms with E-state index >= 15 is 0 Å². The molecule has 0 bridgehead atoms. The molecule has 0 spiro atoms. The van der Waals surface area contributed by atoms with Gasteiger partial charge in [0.2, 0.25) is 5.95 Å². The third kappa shape index (κ3) is 3.90. The summed E-state index contributed by atoms with van der Waals surface area (Å²) in [5.41, 5.74) is 3.24. The summed E-state index contributed by atoms with van der Waals surface area (Å²) in [6.45, 7) is 1.83. The number of methoxy groups -OCH3 is 1. The van der Waals surface area contributed by atoms with Crippen molar-refractivity contribution in [3.8, 4) is 17.1 Å². The highest BCUT2D eigenvalue weighted by atomic mass is 19.1. The van der Waals surface area contributed by atoms with Crippen LogP contribution in [-0.2, 0) is 4.79 Å². The standard InChI is InChI=1S/C26H22FN5O2/c1-16-22(25(33)29-19-8-4-3-5-9-19)23(20-10-6-7-11-21(20)34-2)32-26(28-16)30-24(31-32)17-12-14-18(27)15-13-17/h3-15,23H,1-2H3,(H,29,33)(H,28,30,31). The number of carbonyl (C=O) groups excluding carboxylic acids is 1. The van der Waals surface area contributed by atoms with Gasteiger partial charge in [0.05, 0.1) is 12.7 Å². The zero-order valence-electron chi connectivity index (χ0n) is 18.6. The van der Waals surface area contributed by atoms with Crippen LogP contribution >= 0.6 is 0 Å². The Balaban J connectivity index is 1.63. The summed E-state index contributed by atoms with van der Waals surface area (Å²) < 4.78 is 20.7. The van der Waals surface area contributed by atoms with Gasteiger partial charge in [0.15, 0.2) is 5.82 Å². The Kier molecular flexibility index (Phi) is 5.55. The van der Waals surface area contributed by atoms with E-state index < -0.39 is 6.04 Å². The fourth-order valence-corrected chi connectivity index (χ4v) is 4.07. The van der Waals surface area contributed by atoms with Gasteiger partial charge in [-0.2, -0.15) is 4.98 Å². The van der Waals surface area contributed by atoms with E-state index in [4.69, 9.17) is 9.84 Å². The number of nitrogens with one attached hydrogen (secondary N) is 2. The highest BCUT2D eigenvalue weighted by Gasteiger charge is 2.36. The minimum atomic E-state index is -0.599. The van der Waals surface area contributed by atoms with Crippen LogP contribution in [0.25, 0.3) is 11.4 Å². The molecule has 3 aromatic carbocycles. The summed E-state index contributed by atoms with van der Waals surface area (Å²) in [6.07, 6.45) is 0. The van der Waals surface area contributed by atoms with Crippen molar-refractivity contribution in [1.29, 1.82) is 0 Å². The molecule has 2 N–H and O–H groups in total. The fourth-order valence-electron chi connectivity index (χ4n) is 4.07. The summed E-state index contributed by atoms with van der Waals surface area (Å²) in [4.78, 5) is 18.2. The molecule has 1 atom stereocenters. The molecule has 0 aliphatic carbocycles. The zero-order chi connectivity index (χ0) is 23.7. The number of allylic oxidation sites excluding steroid dienone is 1. The van der Waals surface area contributed by atoms with Gasteiger partial charge in [-0.3, -0.25) is 4.79 Å². The molecule has 34 heavy (non-hydrogen) atoms. The highest BCUT2D eigenvalue weighted by Crippen LogP contribution is 2.40. The number of nitrogens with zero attached hydrogens (tertiary/aromatic N) is 3. The molecule has 4 aromatic rings. The van der Waals surface area contributed by atoms with Crippen LogP contribution in [0.15, 0.2) is 90.1 Å². The first-order chi connectivity index (χ1) is 16.5. The molecule has 170 valence electrons. The molecule has 8 heteroatoms. The van der Waals surface area contributed by atoms with Crippen LogP contribution in [0.2, 0.25) is 0 Å². The SMILES string of the molecule is COc1ccccc1C1C(C(=O)Nc2ccccc2)=C(C)Nc2nc(-c3ccc(F)cc3)nn21. The first-order valence-corrected chi connectivity index (χ1v) is 10.7. The van der Waals surface area contributed by atoms with Crippen molar-refractivity contribution in [2.24, 2.45) is 0 Å². The summed E-state index contributed by atoms with van der Waals surface area (Å²) in [7, 11) is 1.59. The van der Waals surface area contributed by atoms with Crippen LogP contribution in [0, 0.1) is 5.82 Å². The second kappa shape index (κ2) is 8.82. The number of rotatable bonds is 5. The predicted octanol–water partition coefficient (Wildman–Crippen LogP) is 5.02. The van der Waals surface area contributed by atoms with Crippen LogP contribution in [0.4, 0.5) is 16.0 Å². The van der Waals surface area contributed by atoms with Gasteiger partial charge in [-0.15, -0.1) is 5.10 Å². The number of hydrogen-bond donors (Lipinski definition) is 2. The molecule has 1 aliphatic heterocycles. The van der Waals surface area contributed by atoms with Crippen LogP contribution in [0.5, 0.6) is 5.75 Å². The van der Waals surface area contributed by atoms with Gasteiger partial charge < -0.3 is 15.4 Å². The van der Waals surface area contributed by atoms with E-state index in [0.717, 1.165) is 5.56 Å². The van der Waals surface area contributed by atoms with E-state index in [1.807, 2.05) is 61.5 Å². The molecule has 1 aromatic heterocycles. The fraction of sp³-hybridized carbons (Fsp3) is 0.115. The van der Waals surface area contributed by atoms with Crippen molar-refractivity contribution in [3.05, 3.63) is 102 Å². The van der Waals surface area contributed by atoms with Gasteiger partial charge in [-0.25, -0.2) is 9.07 Å². The predicted molar refractivity (Wildman–Crippen MR) is 128 cm³/mol. The molecule has 2 heterocycles. The van der Waals surface area contributed by atoms with Crippen molar-refractivity contribution < 1.29 is 13.9 Å². The maximum atomic E-state index is 13.5. The van der Waals surface area contributed by atoms with E-state index in [1.165, 1.54) is 12.1 Å². The quantitative estimate of drug-likeness (QED) is 0.442. The Morgan fingerprint density at radius 3 is 2.47 bits per heavy atom. The summed E-state index contributed by atoms with van der Waals surface area (Å²) in [5.74, 6) is 0.910. The van der Waals surface area contributed by atoms with Crippen molar-refractivity contribution in [1.82, 2.24) is 14.8 Å². The normalized spacial score (nSPS) is 14.9. The van der Waals surface area contributed by atoms with E-state index in [2.05, 4.69) is 15.6 Å². The summed E-state index contributed by atoms with van der Waals surface area (Å²) >= 11 is 0. The number of halogens is 1. The second-order valence-electron chi connectivity index (χ2n) is 7.84. The molecular weight excluding hydrogens is 433 g/mol.